The number of hydrogen-bond acceptors (Lipinski definition) is 2. The lowest BCUT2D eigenvalue weighted by atomic mass is 10.1. The zero-order valence-electron chi connectivity index (χ0n) is 13.0. The second-order valence-corrected chi connectivity index (χ2v) is 6.64. The number of nitrogens with zero attached hydrogens (tertiary/aromatic N) is 1. The van der Waals surface area contributed by atoms with Crippen LogP contribution in [0, 0.1) is 5.82 Å². The van der Waals surface area contributed by atoms with Gasteiger partial charge in [0, 0.05) is 18.0 Å². The standard InChI is InChI=1S/C18H19FN2OS/c1-2-13-3-9-16(10-4-13)20-18(22)21-11-12-23-17(21)14-5-7-15(19)8-6-14/h3-10,17H,2,11-12H2,1H3,(H,20,22)/t17-/m0/s1. The van der Waals surface area contributed by atoms with Crippen LogP contribution in [0.15, 0.2) is 48.5 Å². The summed E-state index contributed by atoms with van der Waals surface area (Å²) in [6.45, 7) is 2.79. The Morgan fingerprint density at radius 3 is 2.57 bits per heavy atom. The van der Waals surface area contributed by atoms with E-state index in [1.165, 1.54) is 17.7 Å². The van der Waals surface area contributed by atoms with Gasteiger partial charge in [0.2, 0.25) is 0 Å². The van der Waals surface area contributed by atoms with Gasteiger partial charge >= 0.3 is 6.03 Å². The maximum absolute atomic E-state index is 13.1. The molecule has 0 saturated carbocycles. The number of amides is 2. The Morgan fingerprint density at radius 2 is 1.91 bits per heavy atom. The quantitative estimate of drug-likeness (QED) is 0.887. The molecule has 3 nitrogen and oxygen atoms in total. The Balaban J connectivity index is 1.71. The number of carbonyl (C=O) groups is 1. The van der Waals surface area contributed by atoms with Gasteiger partial charge in [-0.1, -0.05) is 31.2 Å². The molecule has 3 rings (SSSR count). The summed E-state index contributed by atoms with van der Waals surface area (Å²) in [7, 11) is 0. The third-order valence-electron chi connectivity index (χ3n) is 3.92. The van der Waals surface area contributed by atoms with E-state index in [0.29, 0.717) is 6.54 Å². The van der Waals surface area contributed by atoms with E-state index in [9.17, 15) is 9.18 Å². The minimum absolute atomic E-state index is 0.0643. The van der Waals surface area contributed by atoms with E-state index < -0.39 is 0 Å². The molecule has 0 spiro atoms. The highest BCUT2D eigenvalue weighted by Gasteiger charge is 2.30. The molecule has 1 aliphatic heterocycles. The molecule has 5 heteroatoms. The summed E-state index contributed by atoms with van der Waals surface area (Å²) in [5.74, 6) is 0.619. The highest BCUT2D eigenvalue weighted by atomic mass is 32.2. The van der Waals surface area contributed by atoms with Gasteiger partial charge in [-0.15, -0.1) is 11.8 Å². The van der Waals surface area contributed by atoms with E-state index in [2.05, 4.69) is 12.2 Å². The van der Waals surface area contributed by atoms with Crippen molar-refractivity contribution in [3.05, 3.63) is 65.5 Å². The van der Waals surface area contributed by atoms with Crippen molar-refractivity contribution in [2.45, 2.75) is 18.7 Å². The van der Waals surface area contributed by atoms with Crippen LogP contribution in [0.5, 0.6) is 0 Å². The van der Waals surface area contributed by atoms with Crippen LogP contribution in [-0.2, 0) is 6.42 Å². The maximum Gasteiger partial charge on any atom is 0.323 e. The Kier molecular flexibility index (Phi) is 4.86. The number of aryl methyl sites for hydroxylation is 1. The molecule has 2 aromatic carbocycles. The Hall–Kier alpha value is -2.01. The van der Waals surface area contributed by atoms with Crippen molar-refractivity contribution in [1.82, 2.24) is 4.90 Å². The molecule has 0 bridgehead atoms. The Bertz CT molecular complexity index is 672. The average Bonchev–Trinajstić information content (AvgIpc) is 3.06. The molecule has 1 fully saturated rings. The molecule has 2 amide bonds. The van der Waals surface area contributed by atoms with Crippen LogP contribution in [0.2, 0.25) is 0 Å². The third-order valence-corrected chi connectivity index (χ3v) is 5.18. The van der Waals surface area contributed by atoms with Gasteiger partial charge in [0.1, 0.15) is 11.2 Å². The Morgan fingerprint density at radius 1 is 1.22 bits per heavy atom. The molecule has 120 valence electrons. The van der Waals surface area contributed by atoms with E-state index in [4.69, 9.17) is 0 Å². The topological polar surface area (TPSA) is 32.3 Å². The molecule has 0 unspecified atom stereocenters. The minimum atomic E-state index is -0.260. The number of hydrogen-bond donors (Lipinski definition) is 1. The lowest BCUT2D eigenvalue weighted by Crippen LogP contribution is -2.34. The van der Waals surface area contributed by atoms with E-state index >= 15 is 0 Å². The fourth-order valence-electron chi connectivity index (χ4n) is 2.60. The van der Waals surface area contributed by atoms with Crippen molar-refractivity contribution in [2.24, 2.45) is 0 Å². The lowest BCUT2D eigenvalue weighted by Gasteiger charge is -2.24. The molecule has 0 radical (unpaired) electrons. The van der Waals surface area contributed by atoms with Gasteiger partial charge in [-0.3, -0.25) is 0 Å². The number of halogens is 1. The van der Waals surface area contributed by atoms with Gasteiger partial charge in [-0.25, -0.2) is 9.18 Å². The molecule has 0 aliphatic carbocycles. The summed E-state index contributed by atoms with van der Waals surface area (Å²) < 4.78 is 13.1. The number of thioether (sulfide) groups is 1. The molecule has 1 N–H and O–H groups in total. The van der Waals surface area contributed by atoms with Crippen molar-refractivity contribution in [2.75, 3.05) is 17.6 Å². The van der Waals surface area contributed by atoms with Crippen molar-refractivity contribution < 1.29 is 9.18 Å². The summed E-state index contributed by atoms with van der Waals surface area (Å²) in [5, 5.41) is 2.88. The SMILES string of the molecule is CCc1ccc(NC(=O)N2CCS[C@H]2c2ccc(F)cc2)cc1. The summed E-state index contributed by atoms with van der Waals surface area (Å²) in [6, 6.07) is 14.1. The maximum atomic E-state index is 13.1. The van der Waals surface area contributed by atoms with Crippen LogP contribution in [0.3, 0.4) is 0 Å². The molecule has 2 aromatic rings. The molecule has 1 saturated heterocycles. The molecule has 23 heavy (non-hydrogen) atoms. The fraction of sp³-hybridized carbons (Fsp3) is 0.278. The zero-order chi connectivity index (χ0) is 16.2. The molecule has 0 aromatic heterocycles. The number of carbonyl (C=O) groups excluding carboxylic acids is 1. The van der Waals surface area contributed by atoms with Crippen molar-refractivity contribution in [3.63, 3.8) is 0 Å². The second-order valence-electron chi connectivity index (χ2n) is 5.45. The lowest BCUT2D eigenvalue weighted by molar-refractivity contribution is 0.214. The first kappa shape index (κ1) is 15.9. The van der Waals surface area contributed by atoms with Crippen LogP contribution in [0.4, 0.5) is 14.9 Å². The molecule has 1 atom stereocenters. The van der Waals surface area contributed by atoms with Gasteiger partial charge in [0.05, 0.1) is 0 Å². The smallest absolute Gasteiger partial charge is 0.308 e. The fourth-order valence-corrected chi connectivity index (χ4v) is 3.86. The Labute approximate surface area is 139 Å². The predicted molar refractivity (Wildman–Crippen MR) is 93.1 cm³/mol. The predicted octanol–water partition coefficient (Wildman–Crippen LogP) is 4.67. The van der Waals surface area contributed by atoms with Gasteiger partial charge in [0.15, 0.2) is 0 Å². The minimum Gasteiger partial charge on any atom is -0.308 e. The first-order valence-electron chi connectivity index (χ1n) is 7.71. The van der Waals surface area contributed by atoms with Crippen LogP contribution >= 0.6 is 11.8 Å². The largest absolute Gasteiger partial charge is 0.323 e. The van der Waals surface area contributed by atoms with Crippen molar-refractivity contribution >= 4 is 23.5 Å². The molecule has 1 aliphatic rings. The van der Waals surface area contributed by atoms with E-state index in [0.717, 1.165) is 23.4 Å². The summed E-state index contributed by atoms with van der Waals surface area (Å²) in [4.78, 5) is 14.3. The molecular weight excluding hydrogens is 311 g/mol. The number of rotatable bonds is 3. The average molecular weight is 330 g/mol. The van der Waals surface area contributed by atoms with E-state index in [-0.39, 0.29) is 17.2 Å². The number of nitrogens with one attached hydrogen (secondary N) is 1. The van der Waals surface area contributed by atoms with E-state index in [1.54, 1.807) is 28.8 Å². The van der Waals surface area contributed by atoms with Gasteiger partial charge in [0.25, 0.3) is 0 Å². The normalized spacial score (nSPS) is 17.3. The highest BCUT2D eigenvalue weighted by molar-refractivity contribution is 7.99. The summed E-state index contributed by atoms with van der Waals surface area (Å²) >= 11 is 1.70. The van der Waals surface area contributed by atoms with E-state index in [1.807, 2.05) is 24.3 Å². The van der Waals surface area contributed by atoms with Gasteiger partial charge in [-0.05, 0) is 41.8 Å². The van der Waals surface area contributed by atoms with Gasteiger partial charge < -0.3 is 10.2 Å². The number of urea groups is 1. The number of anilines is 1. The highest BCUT2D eigenvalue weighted by Crippen LogP contribution is 2.38. The molecule has 1 heterocycles. The monoisotopic (exact) mass is 330 g/mol. The van der Waals surface area contributed by atoms with Crippen LogP contribution in [0.1, 0.15) is 23.4 Å². The first-order chi connectivity index (χ1) is 11.2. The van der Waals surface area contributed by atoms with Crippen LogP contribution < -0.4 is 5.32 Å². The third kappa shape index (κ3) is 3.67. The van der Waals surface area contributed by atoms with Crippen LogP contribution in [0.25, 0.3) is 0 Å². The zero-order valence-corrected chi connectivity index (χ0v) is 13.8. The molecular formula is C18H19FN2OS. The number of benzene rings is 2. The summed E-state index contributed by atoms with van der Waals surface area (Å²) in [5.41, 5.74) is 2.98. The van der Waals surface area contributed by atoms with Crippen molar-refractivity contribution in [1.29, 1.82) is 0 Å². The summed E-state index contributed by atoms with van der Waals surface area (Å²) in [6.07, 6.45) is 0.976. The second kappa shape index (κ2) is 7.04. The first-order valence-corrected chi connectivity index (χ1v) is 8.76. The van der Waals surface area contributed by atoms with Gasteiger partial charge in [-0.2, -0.15) is 0 Å². The van der Waals surface area contributed by atoms with Crippen LogP contribution in [-0.4, -0.2) is 23.2 Å². The van der Waals surface area contributed by atoms with Crippen molar-refractivity contribution in [3.8, 4) is 0 Å².